The van der Waals surface area contributed by atoms with Crippen molar-refractivity contribution in [3.8, 4) is 0 Å². The number of rotatable bonds is 21. The summed E-state index contributed by atoms with van der Waals surface area (Å²) in [6.45, 7) is 4.06. The van der Waals surface area contributed by atoms with Gasteiger partial charge in [0.25, 0.3) is 0 Å². The van der Waals surface area contributed by atoms with E-state index in [1.807, 2.05) is 20.1 Å². The van der Waals surface area contributed by atoms with Crippen LogP contribution in [-0.2, 0) is 44.8 Å². The molecule has 1 saturated heterocycles. The van der Waals surface area contributed by atoms with Crippen LogP contribution in [0.4, 0.5) is 0 Å². The lowest BCUT2D eigenvalue weighted by Gasteiger charge is -2.27. The zero-order valence-electron chi connectivity index (χ0n) is 29.3. The summed E-state index contributed by atoms with van der Waals surface area (Å²) in [5, 5.41) is 23.9. The molecule has 284 valence electrons. The molecular formula is C31H50N10O9S. The predicted octanol–water partition coefficient (Wildman–Crippen LogP) is -3.02. The summed E-state index contributed by atoms with van der Waals surface area (Å²) in [7, 11) is 0. The molecule has 1 aromatic heterocycles. The molecule has 5 unspecified atom stereocenters. The Morgan fingerprint density at radius 2 is 1.63 bits per heavy atom. The summed E-state index contributed by atoms with van der Waals surface area (Å²) < 4.78 is 0. The van der Waals surface area contributed by atoms with Gasteiger partial charge in [-0.2, -0.15) is 11.8 Å². The van der Waals surface area contributed by atoms with E-state index in [0.29, 0.717) is 30.8 Å². The van der Waals surface area contributed by atoms with Crippen molar-refractivity contribution in [2.75, 3.05) is 38.2 Å². The van der Waals surface area contributed by atoms with Crippen molar-refractivity contribution < 1.29 is 43.5 Å². The minimum Gasteiger partial charge on any atom is -0.480 e. The van der Waals surface area contributed by atoms with Gasteiger partial charge in [0.1, 0.15) is 36.8 Å². The van der Waals surface area contributed by atoms with Gasteiger partial charge < -0.3 is 52.6 Å². The molecule has 0 aromatic carbocycles. The van der Waals surface area contributed by atoms with Gasteiger partial charge in [-0.3, -0.25) is 38.4 Å². The number of amides is 7. The molecule has 1 fully saturated rings. The van der Waals surface area contributed by atoms with Gasteiger partial charge >= 0.3 is 5.97 Å². The third-order valence-corrected chi connectivity index (χ3v) is 8.50. The van der Waals surface area contributed by atoms with Crippen molar-refractivity contribution in [3.05, 3.63) is 18.2 Å². The number of carboxylic acids is 1. The zero-order valence-corrected chi connectivity index (χ0v) is 30.1. The van der Waals surface area contributed by atoms with Crippen molar-refractivity contribution in [3.63, 3.8) is 0 Å². The van der Waals surface area contributed by atoms with Gasteiger partial charge in [0.05, 0.1) is 19.4 Å². The summed E-state index contributed by atoms with van der Waals surface area (Å²) in [4.78, 5) is 109. The van der Waals surface area contributed by atoms with E-state index >= 15 is 0 Å². The maximum Gasteiger partial charge on any atom is 0.322 e. The number of hydrogen-bond acceptors (Lipinski definition) is 11. The first-order valence-electron chi connectivity index (χ1n) is 16.6. The average Bonchev–Trinajstić information content (AvgIpc) is 3.79. The minimum atomic E-state index is -1.26. The predicted molar refractivity (Wildman–Crippen MR) is 186 cm³/mol. The topological polar surface area (TPSA) is 287 Å². The quantitative estimate of drug-likeness (QED) is 0.0609. The molecule has 2 heterocycles. The number of nitrogens with zero attached hydrogens (tertiary/aromatic N) is 2. The second-order valence-corrected chi connectivity index (χ2v) is 13.4. The molecule has 0 aliphatic carbocycles. The SMILES string of the molecule is CSCCC(NC(=O)CNC(=O)C(CC(C)C)NC(=O)C1CCCN1C(=O)CN)C(=O)NC(Cc1cnc[nH]1)C(=O)NC(C)C(=O)NCC(=O)O. The molecule has 5 atom stereocenters. The van der Waals surface area contributed by atoms with Crippen molar-refractivity contribution in [2.45, 2.75) is 83.1 Å². The number of H-pyrrole nitrogens is 1. The number of carboxylic acid groups (broad SMARTS) is 1. The molecule has 1 aromatic rings. The largest absolute Gasteiger partial charge is 0.480 e. The average molecular weight is 739 g/mol. The Morgan fingerprint density at radius 1 is 0.941 bits per heavy atom. The Balaban J connectivity index is 2.08. The third kappa shape index (κ3) is 14.6. The lowest BCUT2D eigenvalue weighted by atomic mass is 10.0. The normalized spacial score (nSPS) is 16.3. The first kappa shape index (κ1) is 42.4. The maximum atomic E-state index is 13.5. The minimum absolute atomic E-state index is 0.00568. The number of nitrogens with one attached hydrogen (secondary N) is 7. The Bertz CT molecular complexity index is 1380. The highest BCUT2D eigenvalue weighted by molar-refractivity contribution is 7.98. The number of thioether (sulfide) groups is 1. The zero-order chi connectivity index (χ0) is 38.1. The van der Waals surface area contributed by atoms with E-state index in [2.05, 4.69) is 41.9 Å². The molecule has 1 aliphatic heterocycles. The Hall–Kier alpha value is -4.72. The van der Waals surface area contributed by atoms with Crippen LogP contribution in [0, 0.1) is 5.92 Å². The summed E-state index contributed by atoms with van der Waals surface area (Å²) in [5.74, 6) is -5.19. The summed E-state index contributed by atoms with van der Waals surface area (Å²) in [6, 6.07) is -5.22. The molecule has 0 saturated carbocycles. The van der Waals surface area contributed by atoms with E-state index in [-0.39, 0.29) is 37.6 Å². The van der Waals surface area contributed by atoms with E-state index in [4.69, 9.17) is 10.8 Å². The second-order valence-electron chi connectivity index (χ2n) is 12.4. The number of likely N-dealkylation sites (tertiary alicyclic amines) is 1. The second kappa shape index (κ2) is 21.5. The van der Waals surface area contributed by atoms with Crippen LogP contribution in [0.25, 0.3) is 0 Å². The lowest BCUT2D eigenvalue weighted by Crippen LogP contribution is -2.58. The van der Waals surface area contributed by atoms with Crippen LogP contribution in [0.15, 0.2) is 12.5 Å². The van der Waals surface area contributed by atoms with Crippen LogP contribution >= 0.6 is 11.8 Å². The molecule has 7 amide bonds. The number of nitrogens with two attached hydrogens (primary N) is 1. The molecule has 10 N–H and O–H groups in total. The first-order chi connectivity index (χ1) is 24.2. The highest BCUT2D eigenvalue weighted by Gasteiger charge is 2.36. The van der Waals surface area contributed by atoms with Gasteiger partial charge in [-0.15, -0.1) is 0 Å². The van der Waals surface area contributed by atoms with E-state index in [9.17, 15) is 38.4 Å². The van der Waals surface area contributed by atoms with Crippen molar-refractivity contribution in [1.82, 2.24) is 46.8 Å². The van der Waals surface area contributed by atoms with Crippen LogP contribution in [0.5, 0.6) is 0 Å². The number of carbonyl (C=O) groups is 8. The number of hydrogen-bond donors (Lipinski definition) is 9. The number of carbonyl (C=O) groups excluding carboxylic acids is 7. The number of aliphatic carboxylic acids is 1. The number of aromatic nitrogens is 2. The van der Waals surface area contributed by atoms with Gasteiger partial charge in [0.2, 0.25) is 41.4 Å². The van der Waals surface area contributed by atoms with Gasteiger partial charge in [-0.05, 0) is 50.5 Å². The Labute approximate surface area is 300 Å². The summed E-state index contributed by atoms with van der Waals surface area (Å²) in [6.07, 6.45) is 6.07. The van der Waals surface area contributed by atoms with E-state index in [0.717, 1.165) is 0 Å². The smallest absolute Gasteiger partial charge is 0.322 e. The van der Waals surface area contributed by atoms with Gasteiger partial charge in [0, 0.05) is 24.9 Å². The van der Waals surface area contributed by atoms with E-state index < -0.39 is 84.7 Å². The fourth-order valence-corrected chi connectivity index (χ4v) is 5.73. The van der Waals surface area contributed by atoms with Crippen LogP contribution in [0.3, 0.4) is 0 Å². The molecule has 0 bridgehead atoms. The molecule has 20 heteroatoms. The molecular weight excluding hydrogens is 688 g/mol. The first-order valence-corrected chi connectivity index (χ1v) is 18.0. The highest BCUT2D eigenvalue weighted by Crippen LogP contribution is 2.18. The van der Waals surface area contributed by atoms with Crippen LogP contribution in [0.1, 0.15) is 52.1 Å². The van der Waals surface area contributed by atoms with Crippen LogP contribution < -0.4 is 37.6 Å². The van der Waals surface area contributed by atoms with Crippen LogP contribution in [0.2, 0.25) is 0 Å². The molecule has 1 aliphatic rings. The molecule has 0 spiro atoms. The van der Waals surface area contributed by atoms with E-state index in [1.165, 1.54) is 36.1 Å². The number of aromatic amines is 1. The highest BCUT2D eigenvalue weighted by atomic mass is 32.2. The van der Waals surface area contributed by atoms with E-state index in [1.54, 1.807) is 0 Å². The fraction of sp³-hybridized carbons (Fsp3) is 0.645. The Morgan fingerprint density at radius 3 is 2.24 bits per heavy atom. The maximum absolute atomic E-state index is 13.5. The van der Waals surface area contributed by atoms with Crippen LogP contribution in [-0.4, -0.2) is 136 Å². The Kier molecular flexibility index (Phi) is 17.9. The summed E-state index contributed by atoms with van der Waals surface area (Å²) >= 11 is 1.42. The van der Waals surface area contributed by atoms with Gasteiger partial charge in [-0.25, -0.2) is 4.98 Å². The van der Waals surface area contributed by atoms with Gasteiger partial charge in [0.15, 0.2) is 0 Å². The molecule has 51 heavy (non-hydrogen) atoms. The monoisotopic (exact) mass is 738 g/mol. The summed E-state index contributed by atoms with van der Waals surface area (Å²) in [5.41, 5.74) is 5.97. The van der Waals surface area contributed by atoms with Gasteiger partial charge in [-0.1, -0.05) is 13.8 Å². The van der Waals surface area contributed by atoms with Crippen molar-refractivity contribution in [1.29, 1.82) is 0 Å². The third-order valence-electron chi connectivity index (χ3n) is 7.85. The number of imidazole rings is 1. The van der Waals surface area contributed by atoms with Crippen molar-refractivity contribution in [2.24, 2.45) is 11.7 Å². The van der Waals surface area contributed by atoms with Crippen molar-refractivity contribution >= 4 is 59.1 Å². The molecule has 19 nitrogen and oxygen atoms in total. The molecule has 2 rings (SSSR count). The molecule has 0 radical (unpaired) electrons. The standard InChI is InChI=1S/C31H50N10O9S/c1-17(2)10-21(40-31(50)23-6-5-8-41(23)25(43)12-32)28(47)34-14-24(42)38-20(7-9-51-4)29(48)39-22(11-19-13-33-16-36-19)30(49)37-18(3)27(46)35-15-26(44)45/h13,16-18,20-23H,5-12,14-15,32H2,1-4H3,(H,33,36)(H,34,47)(H,35,46)(H,37,49)(H,38,42)(H,39,48)(H,40,50)(H,44,45). The lowest BCUT2D eigenvalue weighted by molar-refractivity contribution is -0.139. The fourth-order valence-electron chi connectivity index (χ4n) is 5.26.